The van der Waals surface area contributed by atoms with E-state index in [2.05, 4.69) is 25.6 Å². The number of nitrogens with zero attached hydrogens (tertiary/aromatic N) is 7. The average Bonchev–Trinajstić information content (AvgIpc) is 4.04. The van der Waals surface area contributed by atoms with Gasteiger partial charge in [0.15, 0.2) is 0 Å². The highest BCUT2D eigenvalue weighted by Crippen LogP contribution is 2.42. The van der Waals surface area contributed by atoms with Crippen LogP contribution in [-0.2, 0) is 28.5 Å². The number of rotatable bonds is 11. The van der Waals surface area contributed by atoms with Crippen LogP contribution in [0, 0.1) is 11.8 Å². The first kappa shape index (κ1) is 52.1. The second-order valence-electron chi connectivity index (χ2n) is 18.0. The van der Waals surface area contributed by atoms with Crippen LogP contribution in [0.15, 0.2) is 94.0 Å². The van der Waals surface area contributed by atoms with Crippen LogP contribution in [0.3, 0.4) is 0 Å². The van der Waals surface area contributed by atoms with E-state index in [0.29, 0.717) is 55.7 Å². The number of nitrogens with one attached hydrogen (secondary N) is 1. The molecule has 4 aliphatic heterocycles. The number of aliphatic carboxylic acids is 2. The van der Waals surface area contributed by atoms with E-state index in [4.69, 9.17) is 19.3 Å². The maximum atomic E-state index is 13.9. The predicted octanol–water partition coefficient (Wildman–Crippen LogP) is 9.34. The van der Waals surface area contributed by atoms with Gasteiger partial charge >= 0.3 is 24.3 Å². The number of carbonyl (C=O) groups is 3. The second kappa shape index (κ2) is 22.2. The van der Waals surface area contributed by atoms with Gasteiger partial charge in [0.1, 0.15) is 18.6 Å². The fraction of sp³-hybridized carbons (Fsp3) is 0.380. The van der Waals surface area contributed by atoms with Crippen molar-refractivity contribution in [3.05, 3.63) is 107 Å². The number of likely N-dealkylation sites (tertiary alicyclic amines) is 1. The molecule has 2 aromatic heterocycles. The van der Waals surface area contributed by atoms with Gasteiger partial charge in [0.25, 0.3) is 11.8 Å². The van der Waals surface area contributed by atoms with Gasteiger partial charge in [-0.05, 0) is 91.9 Å². The number of carbonyl (C=O) groups excluding carboxylic acids is 1. The van der Waals surface area contributed by atoms with Gasteiger partial charge in [0, 0.05) is 98.1 Å². The van der Waals surface area contributed by atoms with E-state index in [1.54, 1.807) is 46.2 Å². The Morgan fingerprint density at radius 3 is 1.38 bits per heavy atom. The smallest absolute Gasteiger partial charge is 0.418 e. The highest BCUT2D eigenvalue weighted by Gasteiger charge is 2.38. The van der Waals surface area contributed by atoms with Crippen LogP contribution in [0.2, 0.25) is 0 Å². The molecule has 73 heavy (non-hydrogen) atoms. The zero-order chi connectivity index (χ0) is 52.0. The molecule has 4 saturated heterocycles. The lowest BCUT2D eigenvalue weighted by atomic mass is 9.99. The van der Waals surface area contributed by atoms with Gasteiger partial charge in [-0.3, -0.25) is 19.3 Å². The van der Waals surface area contributed by atoms with Crippen molar-refractivity contribution in [2.24, 2.45) is 11.8 Å². The summed E-state index contributed by atoms with van der Waals surface area (Å²) in [5, 5.41) is 27.7. The number of hydrogen-bond donors (Lipinski definition) is 3. The topological polar surface area (TPSA) is 191 Å². The average molecular weight is 1020 g/mol. The highest BCUT2D eigenvalue weighted by atomic mass is 19.4. The number of alkyl halides is 8. The van der Waals surface area contributed by atoms with Gasteiger partial charge < -0.3 is 34.4 Å². The molecule has 0 saturated carbocycles. The minimum Gasteiger partial charge on any atom is -0.481 e. The Hall–Kier alpha value is -7.27. The Morgan fingerprint density at radius 1 is 0.616 bits per heavy atom. The summed E-state index contributed by atoms with van der Waals surface area (Å²) in [4.78, 5) is 45.2. The van der Waals surface area contributed by atoms with E-state index in [-0.39, 0.29) is 110 Å². The van der Waals surface area contributed by atoms with Crippen LogP contribution < -0.4 is 15.1 Å². The molecule has 4 aliphatic rings. The summed E-state index contributed by atoms with van der Waals surface area (Å²) < 4.78 is 120. The van der Waals surface area contributed by atoms with Crippen molar-refractivity contribution < 1.29 is 68.8 Å². The summed E-state index contributed by atoms with van der Waals surface area (Å²) in [5.74, 6) is -1.54. The summed E-state index contributed by atoms with van der Waals surface area (Å²) in [6.45, 7) is 3.85. The monoisotopic (exact) mass is 1020 g/mol. The van der Waals surface area contributed by atoms with Crippen molar-refractivity contribution in [2.45, 2.75) is 56.9 Å². The van der Waals surface area contributed by atoms with Crippen molar-refractivity contribution in [3.63, 3.8) is 0 Å². The van der Waals surface area contributed by atoms with Gasteiger partial charge in [-0.2, -0.15) is 36.3 Å². The molecule has 0 unspecified atom stereocenters. The lowest BCUT2D eigenvalue weighted by Gasteiger charge is -2.36. The number of carboxylic acids is 2. The van der Waals surface area contributed by atoms with Crippen LogP contribution in [0.4, 0.5) is 46.5 Å². The van der Waals surface area contributed by atoms with Gasteiger partial charge in [-0.1, -0.05) is 34.6 Å². The normalized spacial score (nSPS) is 17.2. The molecule has 0 radical (unpaired) electrons. The summed E-state index contributed by atoms with van der Waals surface area (Å²) >= 11 is 0. The molecule has 4 fully saturated rings. The third-order valence-corrected chi connectivity index (χ3v) is 12.8. The first-order chi connectivity index (χ1) is 34.8. The maximum Gasteiger partial charge on any atom is 0.418 e. The van der Waals surface area contributed by atoms with Crippen molar-refractivity contribution >= 4 is 29.6 Å². The minimum absolute atomic E-state index is 0.0176. The van der Waals surface area contributed by atoms with Gasteiger partial charge in [0.2, 0.25) is 11.6 Å². The SMILES string of the molecule is O=C(O)C1CN(Cc2ccc(-c3nc(-c4ccc(N5CCC(F)CC5)c(C(F)(F)F)c4)no3)cc2)C1.O=C(O)C1CNC1.O=Cc1ccc(-c2nc(-c3ccc(N4CCC(F)CC4)c(C(F)(F)F)c3)no2)cc1. The number of carboxylic acid groups (broad SMARTS) is 2. The van der Waals surface area contributed by atoms with E-state index in [9.17, 15) is 49.5 Å². The first-order valence-electron chi connectivity index (χ1n) is 23.2. The number of piperidine rings is 2. The molecule has 386 valence electrons. The molecule has 6 heterocycles. The van der Waals surface area contributed by atoms with Crippen LogP contribution >= 0.6 is 0 Å². The van der Waals surface area contributed by atoms with E-state index in [1.165, 1.54) is 24.3 Å². The molecule has 23 heteroatoms. The van der Waals surface area contributed by atoms with Crippen LogP contribution in [0.5, 0.6) is 0 Å². The van der Waals surface area contributed by atoms with E-state index in [0.717, 1.165) is 17.7 Å². The Balaban J connectivity index is 0.000000174. The van der Waals surface area contributed by atoms with Crippen LogP contribution in [0.1, 0.15) is 52.7 Å². The molecule has 0 atom stereocenters. The predicted molar refractivity (Wildman–Crippen MR) is 249 cm³/mol. The fourth-order valence-electron chi connectivity index (χ4n) is 8.48. The molecule has 4 aromatic carbocycles. The van der Waals surface area contributed by atoms with Crippen LogP contribution in [-0.4, -0.2) is 118 Å². The molecule has 0 bridgehead atoms. The molecular weight excluding hydrogens is 977 g/mol. The zero-order valence-electron chi connectivity index (χ0n) is 38.8. The lowest BCUT2D eigenvalue weighted by molar-refractivity contribution is -0.148. The van der Waals surface area contributed by atoms with Gasteiger partial charge in [-0.15, -0.1) is 0 Å². The summed E-state index contributed by atoms with van der Waals surface area (Å²) in [6, 6.07) is 21.4. The second-order valence-corrected chi connectivity index (χ2v) is 18.0. The Kier molecular flexibility index (Phi) is 15.9. The molecule has 0 aliphatic carbocycles. The first-order valence-corrected chi connectivity index (χ1v) is 23.2. The standard InChI is InChI=1S/C25H24F4N4O3.C21H17F4N3O2.C4H7NO2/c26-19-7-9-33(10-8-19)21-6-5-17(11-20(21)25(27,28)29)22-30-23(36-31-22)16-3-1-15(2-4-16)12-32-13-18(14-32)24(34)35;22-16-7-9-28(10-8-16)18-6-5-15(11-17(18)21(23,24)25)19-26-20(30-27-19)14-3-1-13(12-29)2-4-14;6-4(7)3-1-5-2-3/h1-6,11,18-19H,7-10,12-14H2,(H,34,35);1-6,11-12,16H,7-10H2;3,5H,1-2H2,(H,6,7). The summed E-state index contributed by atoms with van der Waals surface area (Å²) in [5.41, 5.74) is 1.36. The van der Waals surface area contributed by atoms with Crippen LogP contribution in [0.25, 0.3) is 45.7 Å². The third kappa shape index (κ3) is 12.9. The number of benzene rings is 4. The van der Waals surface area contributed by atoms with Crippen molar-refractivity contribution in [1.29, 1.82) is 0 Å². The molecule has 15 nitrogen and oxygen atoms in total. The quantitative estimate of drug-likeness (QED) is 0.0821. The van der Waals surface area contributed by atoms with E-state index in [1.807, 2.05) is 17.0 Å². The number of hydrogen-bond acceptors (Lipinski definition) is 13. The molecule has 10 rings (SSSR count). The Bertz CT molecular complexity index is 2850. The Morgan fingerprint density at radius 2 is 1.03 bits per heavy atom. The van der Waals surface area contributed by atoms with E-state index < -0.39 is 47.8 Å². The number of halogens is 8. The number of anilines is 2. The summed E-state index contributed by atoms with van der Waals surface area (Å²) in [6.07, 6.45) is -9.64. The van der Waals surface area contributed by atoms with E-state index >= 15 is 0 Å². The fourth-order valence-corrected chi connectivity index (χ4v) is 8.48. The van der Waals surface area contributed by atoms with Gasteiger partial charge in [-0.25, -0.2) is 8.78 Å². The molecule has 3 N–H and O–H groups in total. The minimum atomic E-state index is -4.60. The molecular formula is C50H48F8N8O7. The number of aromatic nitrogens is 4. The molecule has 0 amide bonds. The maximum absolute atomic E-state index is 13.9. The largest absolute Gasteiger partial charge is 0.481 e. The van der Waals surface area contributed by atoms with Crippen molar-refractivity contribution in [2.75, 3.05) is 62.2 Å². The van der Waals surface area contributed by atoms with Crippen molar-refractivity contribution in [1.82, 2.24) is 30.5 Å². The Labute approximate surface area is 411 Å². The molecule has 6 aromatic rings. The summed E-state index contributed by atoms with van der Waals surface area (Å²) in [7, 11) is 0. The zero-order valence-corrected chi connectivity index (χ0v) is 38.8. The highest BCUT2D eigenvalue weighted by molar-refractivity contribution is 5.76. The third-order valence-electron chi connectivity index (χ3n) is 12.8. The molecule has 0 spiro atoms. The van der Waals surface area contributed by atoms with Gasteiger partial charge in [0.05, 0.1) is 23.0 Å². The lowest BCUT2D eigenvalue weighted by Crippen LogP contribution is -2.49. The van der Waals surface area contributed by atoms with Crippen molar-refractivity contribution in [3.8, 4) is 45.7 Å². The number of aldehydes is 1.